The fourth-order valence-corrected chi connectivity index (χ4v) is 4.14. The monoisotopic (exact) mass is 473 g/mol. The van der Waals surface area contributed by atoms with Crippen LogP contribution in [0.25, 0.3) is 0 Å². The van der Waals surface area contributed by atoms with Crippen LogP contribution in [0.1, 0.15) is 41.3 Å². The third-order valence-corrected chi connectivity index (χ3v) is 5.95. The summed E-state index contributed by atoms with van der Waals surface area (Å²) >= 11 is 0. The number of alkyl halides is 3. The molecule has 2 aromatic carbocycles. The summed E-state index contributed by atoms with van der Waals surface area (Å²) in [5.41, 5.74) is 3.23. The Balaban J connectivity index is 1.36. The Morgan fingerprint density at radius 2 is 2.00 bits per heavy atom. The van der Waals surface area contributed by atoms with Crippen molar-refractivity contribution in [2.75, 3.05) is 19.6 Å². The van der Waals surface area contributed by atoms with Crippen LogP contribution in [0.15, 0.2) is 58.7 Å². The maximum Gasteiger partial charge on any atom is 0.416 e. The van der Waals surface area contributed by atoms with Crippen LogP contribution in [0, 0.1) is 6.92 Å². The standard InChI is InChI=1S/C25H26F3N3O3/c1-16-2-7-21(25(26,27)28)18(12-16)15-34-20-5-3-17(4-6-20)24-29-13-19-14-31(11-9-23(32)33)10-8-22(19)30-24/h2-7,12-13,24,30H,8-11,14-15H2,1H3,(H,32,33). The van der Waals surface area contributed by atoms with Crippen LogP contribution < -0.4 is 10.1 Å². The largest absolute Gasteiger partial charge is 0.489 e. The van der Waals surface area contributed by atoms with Crippen molar-refractivity contribution < 1.29 is 27.8 Å². The van der Waals surface area contributed by atoms with Gasteiger partial charge >= 0.3 is 12.1 Å². The predicted octanol–water partition coefficient (Wildman–Crippen LogP) is 4.70. The highest BCUT2D eigenvalue weighted by atomic mass is 19.4. The molecule has 4 rings (SSSR count). The van der Waals surface area contributed by atoms with Crippen molar-refractivity contribution in [2.24, 2.45) is 4.99 Å². The number of ether oxygens (including phenoxy) is 1. The van der Waals surface area contributed by atoms with E-state index in [2.05, 4.69) is 15.2 Å². The molecule has 0 fully saturated rings. The van der Waals surface area contributed by atoms with Gasteiger partial charge in [-0.3, -0.25) is 14.7 Å². The summed E-state index contributed by atoms with van der Waals surface area (Å²) in [5.74, 6) is -0.327. The van der Waals surface area contributed by atoms with Gasteiger partial charge in [-0.1, -0.05) is 29.8 Å². The summed E-state index contributed by atoms with van der Waals surface area (Å²) in [4.78, 5) is 17.5. The highest BCUT2D eigenvalue weighted by molar-refractivity contribution is 5.81. The summed E-state index contributed by atoms with van der Waals surface area (Å²) < 4.78 is 45.5. The van der Waals surface area contributed by atoms with Gasteiger partial charge in [0, 0.05) is 49.1 Å². The number of aryl methyl sites for hydroxylation is 1. The molecule has 0 saturated heterocycles. The SMILES string of the molecule is Cc1ccc(C(F)(F)F)c(COc2ccc(C3N=CC4=C(CCN(CCC(=O)O)C4)N3)cc2)c1. The van der Waals surface area contributed by atoms with Crippen LogP contribution in [0.3, 0.4) is 0 Å². The molecule has 2 aromatic rings. The summed E-state index contributed by atoms with van der Waals surface area (Å²) in [5, 5.41) is 12.3. The Hall–Kier alpha value is -3.33. The van der Waals surface area contributed by atoms with Gasteiger partial charge in [0.15, 0.2) is 0 Å². The second kappa shape index (κ2) is 9.89. The lowest BCUT2D eigenvalue weighted by Gasteiger charge is -2.33. The minimum absolute atomic E-state index is 0.101. The number of benzene rings is 2. The Kier molecular flexibility index (Phi) is 6.92. The molecule has 1 atom stereocenters. The smallest absolute Gasteiger partial charge is 0.416 e. The van der Waals surface area contributed by atoms with Crippen LogP contribution in [0.5, 0.6) is 5.75 Å². The molecule has 0 saturated carbocycles. The van der Waals surface area contributed by atoms with Crippen molar-refractivity contribution in [1.29, 1.82) is 0 Å². The summed E-state index contributed by atoms with van der Waals surface area (Å²) in [6.07, 6.45) is -1.94. The lowest BCUT2D eigenvalue weighted by molar-refractivity contribution is -0.139. The average Bonchev–Trinajstić information content (AvgIpc) is 2.80. The molecule has 2 aliphatic heterocycles. The van der Waals surface area contributed by atoms with Crippen LogP contribution in [0.4, 0.5) is 13.2 Å². The molecule has 2 heterocycles. The van der Waals surface area contributed by atoms with Gasteiger partial charge in [-0.25, -0.2) is 0 Å². The number of nitrogens with zero attached hydrogens (tertiary/aromatic N) is 2. The second-order valence-corrected chi connectivity index (χ2v) is 8.51. The van der Waals surface area contributed by atoms with Gasteiger partial charge in [-0.05, 0) is 30.7 Å². The Morgan fingerprint density at radius 1 is 1.24 bits per heavy atom. The average molecular weight is 473 g/mol. The molecule has 6 nitrogen and oxygen atoms in total. The van der Waals surface area contributed by atoms with E-state index in [9.17, 15) is 18.0 Å². The minimum Gasteiger partial charge on any atom is -0.489 e. The lowest BCUT2D eigenvalue weighted by Crippen LogP contribution is -2.39. The number of hydrogen-bond donors (Lipinski definition) is 2. The predicted molar refractivity (Wildman–Crippen MR) is 122 cm³/mol. The molecule has 0 radical (unpaired) electrons. The van der Waals surface area contributed by atoms with Gasteiger partial charge in [0.25, 0.3) is 0 Å². The number of carbonyl (C=O) groups is 1. The highest BCUT2D eigenvalue weighted by Crippen LogP contribution is 2.33. The normalized spacial score (nSPS) is 18.4. The van der Waals surface area contributed by atoms with Crippen LogP contribution in [0.2, 0.25) is 0 Å². The first kappa shape index (κ1) is 23.8. The van der Waals surface area contributed by atoms with E-state index in [-0.39, 0.29) is 24.8 Å². The maximum atomic E-state index is 13.3. The number of carboxylic acid groups (broad SMARTS) is 1. The summed E-state index contributed by atoms with van der Waals surface area (Å²) in [6, 6.07) is 11.2. The molecule has 34 heavy (non-hydrogen) atoms. The molecule has 1 unspecified atom stereocenters. The number of rotatable bonds is 7. The molecule has 0 spiro atoms. The summed E-state index contributed by atoms with van der Waals surface area (Å²) in [7, 11) is 0. The molecule has 180 valence electrons. The molecule has 9 heteroatoms. The number of halogens is 3. The molecule has 0 amide bonds. The Morgan fingerprint density at radius 3 is 2.71 bits per heavy atom. The number of hydrogen-bond acceptors (Lipinski definition) is 5. The molecule has 0 aliphatic carbocycles. The Bertz CT molecular complexity index is 1110. The zero-order valence-electron chi connectivity index (χ0n) is 18.7. The van der Waals surface area contributed by atoms with Gasteiger partial charge in [0.1, 0.15) is 18.5 Å². The Labute approximate surface area is 195 Å². The fraction of sp³-hybridized carbons (Fsp3) is 0.360. The molecule has 2 N–H and O–H groups in total. The highest BCUT2D eigenvalue weighted by Gasteiger charge is 2.33. The van der Waals surface area contributed by atoms with E-state index in [4.69, 9.17) is 9.84 Å². The van der Waals surface area contributed by atoms with Gasteiger partial charge in [0.2, 0.25) is 0 Å². The first-order valence-corrected chi connectivity index (χ1v) is 11.0. The van der Waals surface area contributed by atoms with Crippen molar-refractivity contribution in [2.45, 2.75) is 38.7 Å². The van der Waals surface area contributed by atoms with Gasteiger partial charge in [0.05, 0.1) is 12.0 Å². The van der Waals surface area contributed by atoms with Crippen molar-refractivity contribution >= 4 is 12.2 Å². The van der Waals surface area contributed by atoms with Crippen LogP contribution >= 0.6 is 0 Å². The topological polar surface area (TPSA) is 74.2 Å². The molecule has 2 aliphatic rings. The first-order valence-electron chi connectivity index (χ1n) is 11.0. The molecular formula is C25H26F3N3O3. The maximum absolute atomic E-state index is 13.3. The van der Waals surface area contributed by atoms with Crippen molar-refractivity contribution in [3.63, 3.8) is 0 Å². The first-order chi connectivity index (χ1) is 16.2. The van der Waals surface area contributed by atoms with Gasteiger partial charge < -0.3 is 15.2 Å². The second-order valence-electron chi connectivity index (χ2n) is 8.51. The fourth-order valence-electron chi connectivity index (χ4n) is 4.14. The summed E-state index contributed by atoms with van der Waals surface area (Å²) in [6.45, 7) is 3.53. The van der Waals surface area contributed by atoms with E-state index in [0.29, 0.717) is 18.8 Å². The van der Waals surface area contributed by atoms with Crippen LogP contribution in [-0.4, -0.2) is 41.8 Å². The number of aliphatic carboxylic acids is 1. The minimum atomic E-state index is -4.43. The van der Waals surface area contributed by atoms with Crippen molar-refractivity contribution in [1.82, 2.24) is 10.2 Å². The van der Waals surface area contributed by atoms with E-state index in [1.165, 1.54) is 12.1 Å². The van der Waals surface area contributed by atoms with Crippen molar-refractivity contribution in [3.8, 4) is 5.75 Å². The number of nitrogens with one attached hydrogen (secondary N) is 1. The van der Waals surface area contributed by atoms with Crippen LogP contribution in [-0.2, 0) is 17.6 Å². The zero-order valence-corrected chi connectivity index (χ0v) is 18.7. The van der Waals surface area contributed by atoms with E-state index in [0.717, 1.165) is 41.4 Å². The van der Waals surface area contributed by atoms with Crippen molar-refractivity contribution in [3.05, 3.63) is 76.0 Å². The zero-order chi connectivity index (χ0) is 24.3. The van der Waals surface area contributed by atoms with Gasteiger partial charge in [-0.2, -0.15) is 13.2 Å². The van der Waals surface area contributed by atoms with E-state index in [1.807, 2.05) is 18.3 Å². The third-order valence-electron chi connectivity index (χ3n) is 5.95. The third kappa shape index (κ3) is 5.77. The molecular weight excluding hydrogens is 447 g/mol. The molecule has 0 aromatic heterocycles. The van der Waals surface area contributed by atoms with Gasteiger partial charge in [-0.15, -0.1) is 0 Å². The lowest BCUT2D eigenvalue weighted by atomic mass is 10.0. The quantitative estimate of drug-likeness (QED) is 0.610. The number of carboxylic acids is 1. The van der Waals surface area contributed by atoms with E-state index >= 15 is 0 Å². The molecule has 0 bridgehead atoms. The van der Waals surface area contributed by atoms with E-state index < -0.39 is 17.7 Å². The van der Waals surface area contributed by atoms with E-state index in [1.54, 1.807) is 19.1 Å². The number of aliphatic imine (C=N–C) groups is 1.